The van der Waals surface area contributed by atoms with Crippen molar-refractivity contribution in [3.05, 3.63) is 0 Å². The van der Waals surface area contributed by atoms with E-state index >= 15 is 0 Å². The molecule has 0 aliphatic carbocycles. The quantitative estimate of drug-likeness (QED) is 0.0396. The minimum absolute atomic E-state index is 0.325. The highest BCUT2D eigenvalue weighted by Crippen LogP contribution is 2.15. The Kier molecular flexibility index (Phi) is 37.2. The highest BCUT2D eigenvalue weighted by molar-refractivity contribution is 6.29. The van der Waals surface area contributed by atoms with Gasteiger partial charge in [0.1, 0.15) is 0 Å². The van der Waals surface area contributed by atoms with Gasteiger partial charge in [0.05, 0.1) is 13.2 Å². The number of hydrogen-bond donors (Lipinski definition) is 0. The van der Waals surface area contributed by atoms with Crippen molar-refractivity contribution in [1.82, 2.24) is 0 Å². The van der Waals surface area contributed by atoms with Crippen LogP contribution in [0.15, 0.2) is 0 Å². The molecule has 0 amide bonds. The summed E-state index contributed by atoms with van der Waals surface area (Å²) >= 11 is 0. The van der Waals surface area contributed by atoms with Crippen molar-refractivity contribution in [1.29, 1.82) is 0 Å². The third-order valence-electron chi connectivity index (χ3n) is 9.13. The van der Waals surface area contributed by atoms with Crippen molar-refractivity contribution in [3.63, 3.8) is 0 Å². The summed E-state index contributed by atoms with van der Waals surface area (Å²) in [6.07, 6.45) is 44.9. The summed E-state index contributed by atoms with van der Waals surface area (Å²) in [5, 5.41) is 0. The molecule has 0 saturated carbocycles. The molecular weight excluding hydrogens is 544 g/mol. The predicted molar refractivity (Wildman–Crippen MR) is 190 cm³/mol. The molecule has 0 bridgehead atoms. The Labute approximate surface area is 276 Å². The fourth-order valence-electron chi connectivity index (χ4n) is 6.10. The molecule has 44 heavy (non-hydrogen) atoms. The molecule has 0 rings (SSSR count). The number of esters is 2. The summed E-state index contributed by atoms with van der Waals surface area (Å²) in [5.74, 6) is -1.65. The molecule has 0 aliphatic rings. The Hall–Kier alpha value is -1.06. The molecule has 0 saturated heterocycles. The number of unbranched alkanes of at least 4 members (excludes halogenated alkanes) is 32. The average Bonchev–Trinajstić information content (AvgIpc) is 3.03. The van der Waals surface area contributed by atoms with E-state index in [-0.39, 0.29) is 0 Å². The van der Waals surface area contributed by atoms with Crippen LogP contribution in [0.2, 0.25) is 0 Å². The van der Waals surface area contributed by atoms with Crippen LogP contribution in [0, 0.1) is 0 Å². The van der Waals surface area contributed by atoms with Gasteiger partial charge in [-0.1, -0.05) is 219 Å². The summed E-state index contributed by atoms with van der Waals surface area (Å²) in [5.41, 5.74) is 0. The fourth-order valence-corrected chi connectivity index (χ4v) is 6.10. The first kappa shape index (κ1) is 42.9. The van der Waals surface area contributed by atoms with Crippen molar-refractivity contribution in [2.75, 3.05) is 13.2 Å². The monoisotopic (exact) mass is 623 g/mol. The maximum Gasteiger partial charge on any atom is 0.417 e. The van der Waals surface area contributed by atoms with Gasteiger partial charge >= 0.3 is 11.9 Å². The van der Waals surface area contributed by atoms with E-state index in [1.807, 2.05) is 0 Å². The van der Waals surface area contributed by atoms with Crippen molar-refractivity contribution in [2.24, 2.45) is 0 Å². The first-order chi connectivity index (χ1) is 21.7. The minimum Gasteiger partial charge on any atom is -0.457 e. The van der Waals surface area contributed by atoms with Crippen LogP contribution >= 0.6 is 0 Å². The maximum absolute atomic E-state index is 11.8. The van der Waals surface area contributed by atoms with Crippen molar-refractivity contribution in [3.8, 4) is 0 Å². The summed E-state index contributed by atoms with van der Waals surface area (Å²) in [6.45, 7) is 5.21. The third-order valence-corrected chi connectivity index (χ3v) is 9.13. The van der Waals surface area contributed by atoms with E-state index < -0.39 is 11.9 Å². The molecule has 0 unspecified atom stereocenters. The first-order valence-electron chi connectivity index (χ1n) is 20.1. The molecule has 4 heteroatoms. The lowest BCUT2D eigenvalue weighted by Crippen LogP contribution is -2.21. The topological polar surface area (TPSA) is 52.6 Å². The molecule has 0 N–H and O–H groups in total. The normalized spacial score (nSPS) is 11.2. The lowest BCUT2D eigenvalue weighted by molar-refractivity contribution is -0.167. The number of carbonyl (C=O) groups is 2. The molecule has 0 aromatic heterocycles. The van der Waals surface area contributed by atoms with Gasteiger partial charge in [-0.15, -0.1) is 0 Å². The Bertz CT molecular complexity index is 526. The van der Waals surface area contributed by atoms with Gasteiger partial charge in [-0.05, 0) is 12.8 Å². The van der Waals surface area contributed by atoms with Gasteiger partial charge in [0, 0.05) is 0 Å². The van der Waals surface area contributed by atoms with E-state index in [0.29, 0.717) is 13.2 Å². The standard InChI is InChI=1S/C40H78O4/c1-3-5-7-9-11-13-15-17-19-21-23-25-27-29-31-33-35-37-43-39(41)40(42)44-38-36-34-32-30-28-26-24-22-20-18-16-14-12-10-8-6-4-2/h3-38H2,1-2H3. The van der Waals surface area contributed by atoms with Crippen LogP contribution in [0.4, 0.5) is 0 Å². The summed E-state index contributed by atoms with van der Waals surface area (Å²) in [7, 11) is 0. The zero-order chi connectivity index (χ0) is 32.0. The van der Waals surface area contributed by atoms with E-state index in [4.69, 9.17) is 9.47 Å². The summed E-state index contributed by atoms with van der Waals surface area (Å²) in [4.78, 5) is 23.7. The van der Waals surface area contributed by atoms with E-state index in [0.717, 1.165) is 25.7 Å². The SMILES string of the molecule is CCCCCCCCCCCCCCCCCCCOC(=O)C(=O)OCCCCCCCCCCCCCCCCCCC. The molecular formula is C40H78O4. The second-order valence-electron chi connectivity index (χ2n) is 13.6. The average molecular weight is 623 g/mol. The first-order valence-corrected chi connectivity index (χ1v) is 20.1. The van der Waals surface area contributed by atoms with Gasteiger partial charge in [0.25, 0.3) is 0 Å². The largest absolute Gasteiger partial charge is 0.457 e. The molecule has 0 aromatic rings. The van der Waals surface area contributed by atoms with E-state index in [9.17, 15) is 9.59 Å². The van der Waals surface area contributed by atoms with Gasteiger partial charge in [0.15, 0.2) is 0 Å². The second-order valence-corrected chi connectivity index (χ2v) is 13.6. The van der Waals surface area contributed by atoms with E-state index in [1.165, 1.54) is 193 Å². The van der Waals surface area contributed by atoms with Crippen molar-refractivity contribution in [2.45, 2.75) is 232 Å². The van der Waals surface area contributed by atoms with Crippen LogP contribution in [-0.2, 0) is 19.1 Å². The van der Waals surface area contributed by atoms with Crippen molar-refractivity contribution < 1.29 is 19.1 Å². The minimum atomic E-state index is -0.825. The molecule has 0 aromatic carbocycles. The Morgan fingerprint density at radius 3 is 0.614 bits per heavy atom. The van der Waals surface area contributed by atoms with Crippen LogP contribution in [0.3, 0.4) is 0 Å². The Morgan fingerprint density at radius 2 is 0.432 bits per heavy atom. The molecule has 0 fully saturated rings. The smallest absolute Gasteiger partial charge is 0.417 e. The zero-order valence-corrected chi connectivity index (χ0v) is 30.1. The van der Waals surface area contributed by atoms with Crippen LogP contribution in [0.25, 0.3) is 0 Å². The Morgan fingerprint density at radius 1 is 0.273 bits per heavy atom. The number of hydrogen-bond acceptors (Lipinski definition) is 4. The predicted octanol–water partition coefficient (Wildman–Crippen LogP) is 13.4. The van der Waals surface area contributed by atoms with Crippen molar-refractivity contribution >= 4 is 11.9 Å². The highest BCUT2D eigenvalue weighted by Gasteiger charge is 2.16. The maximum atomic E-state index is 11.8. The number of carbonyl (C=O) groups excluding carboxylic acids is 2. The molecule has 262 valence electrons. The van der Waals surface area contributed by atoms with Crippen LogP contribution in [0.5, 0.6) is 0 Å². The summed E-state index contributed by atoms with van der Waals surface area (Å²) < 4.78 is 10.2. The molecule has 0 radical (unpaired) electrons. The second kappa shape index (κ2) is 38.1. The molecule has 0 spiro atoms. The zero-order valence-electron chi connectivity index (χ0n) is 30.1. The van der Waals surface area contributed by atoms with Gasteiger partial charge in [-0.3, -0.25) is 0 Å². The van der Waals surface area contributed by atoms with Gasteiger partial charge in [-0.25, -0.2) is 9.59 Å². The number of ether oxygens (including phenoxy) is 2. The third kappa shape index (κ3) is 35.4. The molecule has 0 heterocycles. The Balaban J connectivity index is 3.26. The number of rotatable bonds is 36. The molecule has 4 nitrogen and oxygen atoms in total. The van der Waals surface area contributed by atoms with E-state index in [1.54, 1.807) is 0 Å². The van der Waals surface area contributed by atoms with Gasteiger partial charge < -0.3 is 9.47 Å². The highest BCUT2D eigenvalue weighted by atomic mass is 16.6. The van der Waals surface area contributed by atoms with Crippen LogP contribution in [0.1, 0.15) is 232 Å². The van der Waals surface area contributed by atoms with E-state index in [2.05, 4.69) is 13.8 Å². The molecule has 0 atom stereocenters. The fraction of sp³-hybridized carbons (Fsp3) is 0.950. The summed E-state index contributed by atoms with van der Waals surface area (Å²) in [6, 6.07) is 0. The lowest BCUT2D eigenvalue weighted by Gasteiger charge is -2.06. The molecule has 0 aliphatic heterocycles. The van der Waals surface area contributed by atoms with Crippen LogP contribution < -0.4 is 0 Å². The lowest BCUT2D eigenvalue weighted by atomic mass is 10.0. The van der Waals surface area contributed by atoms with Gasteiger partial charge in [-0.2, -0.15) is 0 Å². The van der Waals surface area contributed by atoms with Gasteiger partial charge in [0.2, 0.25) is 0 Å². The van der Waals surface area contributed by atoms with Crippen LogP contribution in [-0.4, -0.2) is 25.2 Å².